The Bertz CT molecular complexity index is 500. The van der Waals surface area contributed by atoms with Crippen molar-refractivity contribution in [2.75, 3.05) is 44.2 Å². The van der Waals surface area contributed by atoms with E-state index >= 15 is 0 Å². The highest BCUT2D eigenvalue weighted by Gasteiger charge is 2.22. The Morgan fingerprint density at radius 2 is 2.05 bits per heavy atom. The number of ether oxygens (including phenoxy) is 1. The molecular formula is C14H20BrN5OS. The first-order chi connectivity index (χ1) is 10.7. The minimum Gasteiger partial charge on any atom is -0.376 e. The summed E-state index contributed by atoms with van der Waals surface area (Å²) in [6.45, 7) is 5.22. The van der Waals surface area contributed by atoms with Crippen molar-refractivity contribution in [3.63, 3.8) is 0 Å². The molecule has 2 aliphatic rings. The third-order valence-electron chi connectivity index (χ3n) is 3.96. The third-order valence-corrected chi connectivity index (χ3v) is 4.77. The van der Waals surface area contributed by atoms with Gasteiger partial charge >= 0.3 is 0 Å². The zero-order valence-electron chi connectivity index (χ0n) is 12.4. The van der Waals surface area contributed by atoms with Crippen LogP contribution in [0.3, 0.4) is 0 Å². The SMILES string of the molecule is S=C(NCC1CCCO1)N1CCN(c2ncc(Br)cn2)CC1. The van der Waals surface area contributed by atoms with Gasteiger partial charge in [0.05, 0.1) is 10.6 Å². The first-order valence-electron chi connectivity index (χ1n) is 7.59. The van der Waals surface area contributed by atoms with Crippen molar-refractivity contribution in [3.8, 4) is 0 Å². The second-order valence-electron chi connectivity index (χ2n) is 5.50. The summed E-state index contributed by atoms with van der Waals surface area (Å²) >= 11 is 8.84. The molecule has 1 N–H and O–H groups in total. The molecule has 0 amide bonds. The molecule has 6 nitrogen and oxygen atoms in total. The third kappa shape index (κ3) is 4.05. The number of nitrogens with zero attached hydrogens (tertiary/aromatic N) is 4. The Balaban J connectivity index is 1.44. The second-order valence-corrected chi connectivity index (χ2v) is 6.80. The molecule has 0 spiro atoms. The molecule has 0 aliphatic carbocycles. The predicted octanol–water partition coefficient (Wildman–Crippen LogP) is 1.41. The van der Waals surface area contributed by atoms with E-state index in [-0.39, 0.29) is 0 Å². The Morgan fingerprint density at radius 3 is 2.68 bits per heavy atom. The Hall–Kier alpha value is -0.990. The molecule has 1 atom stereocenters. The summed E-state index contributed by atoms with van der Waals surface area (Å²) in [4.78, 5) is 13.1. The zero-order valence-corrected chi connectivity index (χ0v) is 14.8. The van der Waals surface area contributed by atoms with Gasteiger partial charge in [0.25, 0.3) is 0 Å². The number of rotatable bonds is 3. The molecule has 2 aliphatic heterocycles. The highest BCUT2D eigenvalue weighted by molar-refractivity contribution is 9.10. The highest BCUT2D eigenvalue weighted by atomic mass is 79.9. The van der Waals surface area contributed by atoms with E-state index in [4.69, 9.17) is 17.0 Å². The lowest BCUT2D eigenvalue weighted by Crippen LogP contribution is -2.52. The van der Waals surface area contributed by atoms with Crippen molar-refractivity contribution in [2.24, 2.45) is 0 Å². The molecule has 22 heavy (non-hydrogen) atoms. The summed E-state index contributed by atoms with van der Waals surface area (Å²) in [7, 11) is 0. The van der Waals surface area contributed by atoms with Gasteiger partial charge in [-0.15, -0.1) is 0 Å². The normalized spacial score (nSPS) is 22.0. The quantitative estimate of drug-likeness (QED) is 0.789. The van der Waals surface area contributed by atoms with Gasteiger partial charge in [-0.05, 0) is 41.0 Å². The van der Waals surface area contributed by atoms with Gasteiger partial charge in [0, 0.05) is 51.7 Å². The number of aromatic nitrogens is 2. The monoisotopic (exact) mass is 385 g/mol. The Labute approximate surface area is 144 Å². The van der Waals surface area contributed by atoms with E-state index in [1.807, 2.05) is 0 Å². The molecule has 120 valence electrons. The van der Waals surface area contributed by atoms with Crippen LogP contribution >= 0.6 is 28.1 Å². The molecule has 2 saturated heterocycles. The summed E-state index contributed by atoms with van der Waals surface area (Å²) in [5.41, 5.74) is 0. The fourth-order valence-corrected chi connectivity index (χ4v) is 3.17. The van der Waals surface area contributed by atoms with Crippen LogP contribution in [0.5, 0.6) is 0 Å². The van der Waals surface area contributed by atoms with Crippen molar-refractivity contribution in [3.05, 3.63) is 16.9 Å². The first kappa shape index (κ1) is 15.9. The number of hydrogen-bond donors (Lipinski definition) is 1. The maximum Gasteiger partial charge on any atom is 0.225 e. The summed E-state index contributed by atoms with van der Waals surface area (Å²) in [6, 6.07) is 0. The minimum absolute atomic E-state index is 0.315. The van der Waals surface area contributed by atoms with Gasteiger partial charge in [-0.2, -0.15) is 0 Å². The molecule has 3 rings (SSSR count). The molecule has 2 fully saturated rings. The van der Waals surface area contributed by atoms with Gasteiger partial charge in [-0.3, -0.25) is 0 Å². The Kier molecular flexibility index (Phi) is 5.43. The molecule has 0 bridgehead atoms. The average molecular weight is 386 g/mol. The fraction of sp³-hybridized carbons (Fsp3) is 0.643. The fourth-order valence-electron chi connectivity index (χ4n) is 2.70. The van der Waals surface area contributed by atoms with Crippen LogP contribution in [0.25, 0.3) is 0 Å². The number of halogens is 1. The van der Waals surface area contributed by atoms with E-state index in [1.54, 1.807) is 12.4 Å². The van der Waals surface area contributed by atoms with E-state index in [2.05, 4.69) is 41.0 Å². The molecule has 0 saturated carbocycles. The van der Waals surface area contributed by atoms with E-state index in [0.717, 1.165) is 67.7 Å². The van der Waals surface area contributed by atoms with E-state index in [0.29, 0.717) is 6.10 Å². The van der Waals surface area contributed by atoms with Gasteiger partial charge in [0.15, 0.2) is 5.11 Å². The van der Waals surface area contributed by atoms with Gasteiger partial charge in [-0.1, -0.05) is 0 Å². The van der Waals surface area contributed by atoms with Crippen LogP contribution in [0.4, 0.5) is 5.95 Å². The van der Waals surface area contributed by atoms with E-state index < -0.39 is 0 Å². The summed E-state index contributed by atoms with van der Waals surface area (Å²) < 4.78 is 6.50. The standard InChI is InChI=1S/C14H20BrN5OS/c15-11-8-16-13(17-9-11)19-3-5-20(6-4-19)14(22)18-10-12-2-1-7-21-12/h8-9,12H,1-7,10H2,(H,18,22). The maximum atomic E-state index is 5.61. The maximum absolute atomic E-state index is 5.61. The van der Waals surface area contributed by atoms with Gasteiger partial charge in [0.1, 0.15) is 0 Å². The minimum atomic E-state index is 0.315. The van der Waals surface area contributed by atoms with Crippen LogP contribution < -0.4 is 10.2 Å². The lowest BCUT2D eigenvalue weighted by atomic mass is 10.2. The van der Waals surface area contributed by atoms with Crippen molar-refractivity contribution < 1.29 is 4.74 Å². The summed E-state index contributed by atoms with van der Waals surface area (Å²) in [5.74, 6) is 0.779. The van der Waals surface area contributed by atoms with Crippen molar-refractivity contribution in [2.45, 2.75) is 18.9 Å². The molecule has 1 aromatic heterocycles. The zero-order chi connectivity index (χ0) is 15.4. The van der Waals surface area contributed by atoms with Crippen LogP contribution in [-0.2, 0) is 4.74 Å². The number of hydrogen-bond acceptors (Lipinski definition) is 5. The molecule has 0 aromatic carbocycles. The number of nitrogens with one attached hydrogen (secondary N) is 1. The molecule has 1 unspecified atom stereocenters. The van der Waals surface area contributed by atoms with Gasteiger partial charge in [-0.25, -0.2) is 9.97 Å². The summed E-state index contributed by atoms with van der Waals surface area (Å²) in [6.07, 6.45) is 6.16. The van der Waals surface area contributed by atoms with Crippen LogP contribution in [0, 0.1) is 0 Å². The van der Waals surface area contributed by atoms with Gasteiger partial charge < -0.3 is 19.9 Å². The van der Waals surface area contributed by atoms with Gasteiger partial charge in [0.2, 0.25) is 5.95 Å². The Morgan fingerprint density at radius 1 is 1.32 bits per heavy atom. The smallest absolute Gasteiger partial charge is 0.225 e. The number of thiocarbonyl (C=S) groups is 1. The molecular weight excluding hydrogens is 366 g/mol. The largest absolute Gasteiger partial charge is 0.376 e. The summed E-state index contributed by atoms with van der Waals surface area (Å²) in [5, 5.41) is 4.16. The topological polar surface area (TPSA) is 53.5 Å². The van der Waals surface area contributed by atoms with Crippen molar-refractivity contribution in [1.29, 1.82) is 0 Å². The predicted molar refractivity (Wildman–Crippen MR) is 93.1 cm³/mol. The lowest BCUT2D eigenvalue weighted by molar-refractivity contribution is 0.113. The number of anilines is 1. The highest BCUT2D eigenvalue weighted by Crippen LogP contribution is 2.14. The van der Waals surface area contributed by atoms with E-state index in [9.17, 15) is 0 Å². The van der Waals surface area contributed by atoms with Crippen LogP contribution in [0.1, 0.15) is 12.8 Å². The average Bonchev–Trinajstić information content (AvgIpc) is 3.07. The second kappa shape index (κ2) is 7.52. The molecule has 0 radical (unpaired) electrons. The van der Waals surface area contributed by atoms with Crippen molar-refractivity contribution >= 4 is 39.2 Å². The molecule has 3 heterocycles. The van der Waals surface area contributed by atoms with E-state index in [1.165, 1.54) is 0 Å². The van der Waals surface area contributed by atoms with Crippen molar-refractivity contribution in [1.82, 2.24) is 20.2 Å². The van der Waals surface area contributed by atoms with Crippen LogP contribution in [0.15, 0.2) is 16.9 Å². The number of piperazine rings is 1. The lowest BCUT2D eigenvalue weighted by Gasteiger charge is -2.36. The van der Waals surface area contributed by atoms with Crippen LogP contribution in [-0.4, -0.2) is 65.4 Å². The van der Waals surface area contributed by atoms with Crippen LogP contribution in [0.2, 0.25) is 0 Å². The first-order valence-corrected chi connectivity index (χ1v) is 8.79. The molecule has 1 aromatic rings. The molecule has 8 heteroatoms.